The van der Waals surface area contributed by atoms with E-state index < -0.39 is 11.4 Å². The van der Waals surface area contributed by atoms with E-state index in [9.17, 15) is 19.5 Å². The molecular weight excluding hydrogens is 360 g/mol. The van der Waals surface area contributed by atoms with Gasteiger partial charge < -0.3 is 20.5 Å². The highest BCUT2D eigenvalue weighted by Crippen LogP contribution is 2.30. The van der Waals surface area contributed by atoms with Gasteiger partial charge in [-0.15, -0.1) is 0 Å². The second-order valence-corrected chi connectivity index (χ2v) is 6.78. The van der Waals surface area contributed by atoms with Crippen molar-refractivity contribution in [2.45, 2.75) is 12.8 Å². The van der Waals surface area contributed by atoms with E-state index in [0.717, 1.165) is 0 Å². The molecule has 146 valence electrons. The number of carboxylic acids is 1. The Hall–Kier alpha value is -3.19. The number of carbonyl (C=O) groups is 3. The first-order valence-corrected chi connectivity index (χ1v) is 9.06. The number of hydrogen-bond acceptors (Lipinski definition) is 4. The highest BCUT2D eigenvalue weighted by Gasteiger charge is 2.40. The molecule has 0 aliphatic carbocycles. The lowest BCUT2D eigenvalue weighted by molar-refractivity contribution is -0.154. The molecule has 0 bridgehead atoms. The number of rotatable bonds is 6. The lowest BCUT2D eigenvalue weighted by Crippen LogP contribution is -2.46. The molecule has 1 saturated heterocycles. The maximum absolute atomic E-state index is 12.4. The monoisotopic (exact) mass is 382 g/mol. The molecule has 2 aromatic rings. The number of carbonyl (C=O) groups excluding carboxylic acids is 2. The Labute approximate surface area is 162 Å². The Balaban J connectivity index is 1.59. The molecule has 0 unspecified atom stereocenters. The number of benzene rings is 2. The van der Waals surface area contributed by atoms with Gasteiger partial charge in [0.25, 0.3) is 11.8 Å². The minimum Gasteiger partial charge on any atom is -0.481 e. The molecule has 0 saturated carbocycles. The third-order valence-electron chi connectivity index (χ3n) is 4.93. The van der Waals surface area contributed by atoms with Crippen LogP contribution in [-0.4, -0.2) is 42.6 Å². The van der Waals surface area contributed by atoms with E-state index in [1.54, 1.807) is 48.5 Å². The van der Waals surface area contributed by atoms with Gasteiger partial charge in [-0.1, -0.05) is 18.2 Å². The van der Waals surface area contributed by atoms with Crippen LogP contribution in [0.2, 0.25) is 0 Å². The minimum absolute atomic E-state index is 0.0526. The van der Waals surface area contributed by atoms with Crippen molar-refractivity contribution in [1.29, 1.82) is 0 Å². The fourth-order valence-corrected chi connectivity index (χ4v) is 3.08. The van der Waals surface area contributed by atoms with Gasteiger partial charge in [0.15, 0.2) is 0 Å². The van der Waals surface area contributed by atoms with Gasteiger partial charge in [0.1, 0.15) is 0 Å². The van der Waals surface area contributed by atoms with Crippen LogP contribution in [0.15, 0.2) is 54.6 Å². The molecule has 28 heavy (non-hydrogen) atoms. The lowest BCUT2D eigenvalue weighted by atomic mass is 9.80. The Kier molecular flexibility index (Phi) is 6.06. The molecule has 0 radical (unpaired) electrons. The third-order valence-corrected chi connectivity index (χ3v) is 4.93. The summed E-state index contributed by atoms with van der Waals surface area (Å²) in [6, 6.07) is 15.3. The summed E-state index contributed by atoms with van der Waals surface area (Å²) in [5.74, 6) is -1.51. The number of nitrogens with one attached hydrogen (secondary N) is 2. The zero-order valence-corrected chi connectivity index (χ0v) is 15.3. The number of aliphatic carboxylic acids is 1. The zero-order chi connectivity index (χ0) is 20.0. The molecule has 1 aliphatic rings. The van der Waals surface area contributed by atoms with Crippen LogP contribution in [0.1, 0.15) is 33.6 Å². The molecule has 7 nitrogen and oxygen atoms in total. The van der Waals surface area contributed by atoms with E-state index >= 15 is 0 Å². The first kappa shape index (κ1) is 19.6. The highest BCUT2D eigenvalue weighted by molar-refractivity contribution is 6.04. The largest absolute Gasteiger partial charge is 0.481 e. The summed E-state index contributed by atoms with van der Waals surface area (Å²) >= 11 is 0. The number of carboxylic acid groups (broad SMARTS) is 1. The molecule has 1 fully saturated rings. The maximum atomic E-state index is 12.4. The molecule has 1 aliphatic heterocycles. The van der Waals surface area contributed by atoms with Gasteiger partial charge in [-0.05, 0) is 49.2 Å². The van der Waals surface area contributed by atoms with E-state index in [-0.39, 0.29) is 18.4 Å². The summed E-state index contributed by atoms with van der Waals surface area (Å²) in [6.07, 6.45) is 0.736. The van der Waals surface area contributed by atoms with Crippen molar-refractivity contribution in [3.63, 3.8) is 0 Å². The van der Waals surface area contributed by atoms with E-state index in [1.807, 2.05) is 6.07 Å². The Morgan fingerprint density at radius 2 is 1.50 bits per heavy atom. The average molecular weight is 382 g/mol. The molecule has 3 N–H and O–H groups in total. The Bertz CT molecular complexity index is 843. The van der Waals surface area contributed by atoms with Crippen LogP contribution >= 0.6 is 0 Å². The minimum atomic E-state index is -0.989. The second-order valence-electron chi connectivity index (χ2n) is 6.78. The van der Waals surface area contributed by atoms with Gasteiger partial charge >= 0.3 is 5.97 Å². The fourth-order valence-electron chi connectivity index (χ4n) is 3.08. The number of hydrogen-bond donors (Lipinski definition) is 3. The van der Waals surface area contributed by atoms with Gasteiger partial charge in [0.05, 0.1) is 5.41 Å². The summed E-state index contributed by atoms with van der Waals surface area (Å²) in [5, 5.41) is 15.0. The topological polar surface area (TPSA) is 105 Å². The van der Waals surface area contributed by atoms with Gasteiger partial charge in [-0.2, -0.15) is 0 Å². The Morgan fingerprint density at radius 3 is 2.11 bits per heavy atom. The first-order chi connectivity index (χ1) is 13.5. The van der Waals surface area contributed by atoms with Crippen molar-refractivity contribution < 1.29 is 24.2 Å². The molecular formula is C21H22N2O5. The first-order valence-electron chi connectivity index (χ1n) is 9.06. The summed E-state index contributed by atoms with van der Waals surface area (Å²) in [4.78, 5) is 36.2. The van der Waals surface area contributed by atoms with Crippen LogP contribution in [0.25, 0.3) is 0 Å². The van der Waals surface area contributed by atoms with Gasteiger partial charge in [-0.3, -0.25) is 14.4 Å². The normalized spacial score (nSPS) is 15.4. The second kappa shape index (κ2) is 8.67. The molecule has 1 heterocycles. The summed E-state index contributed by atoms with van der Waals surface area (Å²) < 4.78 is 5.23. The van der Waals surface area contributed by atoms with Crippen LogP contribution < -0.4 is 10.6 Å². The standard InChI is InChI=1S/C21H22N2O5/c24-18(22-14-21(20(26)27)10-12-28-13-11-21)16-6-8-17(9-7-16)23-19(25)15-4-2-1-3-5-15/h1-9H,10-14H2,(H,22,24)(H,23,25)(H,26,27). The summed E-state index contributed by atoms with van der Waals surface area (Å²) in [5.41, 5.74) is 0.513. The SMILES string of the molecule is O=C(NCC1(C(=O)O)CCOCC1)c1ccc(NC(=O)c2ccccc2)cc1. The van der Waals surface area contributed by atoms with E-state index in [4.69, 9.17) is 4.74 Å². The number of amides is 2. The third kappa shape index (κ3) is 4.55. The lowest BCUT2D eigenvalue weighted by Gasteiger charge is -2.33. The van der Waals surface area contributed by atoms with Crippen molar-refractivity contribution >= 4 is 23.5 Å². The quantitative estimate of drug-likeness (QED) is 0.712. The smallest absolute Gasteiger partial charge is 0.311 e. The van der Waals surface area contributed by atoms with Crippen LogP contribution in [-0.2, 0) is 9.53 Å². The summed E-state index contributed by atoms with van der Waals surface area (Å²) in [6.45, 7) is 0.799. The summed E-state index contributed by atoms with van der Waals surface area (Å²) in [7, 11) is 0. The fraction of sp³-hybridized carbons (Fsp3) is 0.286. The molecule has 7 heteroatoms. The predicted octanol–water partition coefficient (Wildman–Crippen LogP) is 2.55. The molecule has 0 aromatic heterocycles. The van der Waals surface area contributed by atoms with Gasteiger partial charge in [0.2, 0.25) is 0 Å². The van der Waals surface area contributed by atoms with Crippen molar-refractivity contribution in [2.24, 2.45) is 5.41 Å². The van der Waals surface area contributed by atoms with Crippen molar-refractivity contribution in [2.75, 3.05) is 25.1 Å². The zero-order valence-electron chi connectivity index (χ0n) is 15.3. The number of anilines is 1. The predicted molar refractivity (Wildman–Crippen MR) is 103 cm³/mol. The van der Waals surface area contributed by atoms with Crippen molar-refractivity contribution in [3.05, 3.63) is 65.7 Å². The van der Waals surface area contributed by atoms with Crippen molar-refractivity contribution in [3.8, 4) is 0 Å². The van der Waals surface area contributed by atoms with E-state index in [1.165, 1.54) is 0 Å². The molecule has 2 amide bonds. The molecule has 0 atom stereocenters. The average Bonchev–Trinajstić information content (AvgIpc) is 2.73. The maximum Gasteiger partial charge on any atom is 0.311 e. The molecule has 3 rings (SSSR count). The Morgan fingerprint density at radius 1 is 0.893 bits per heavy atom. The van der Waals surface area contributed by atoms with Crippen LogP contribution in [0.5, 0.6) is 0 Å². The van der Waals surface area contributed by atoms with Gasteiger partial charge in [0, 0.05) is 36.6 Å². The highest BCUT2D eigenvalue weighted by atomic mass is 16.5. The van der Waals surface area contributed by atoms with E-state index in [2.05, 4.69) is 10.6 Å². The molecule has 0 spiro atoms. The van der Waals surface area contributed by atoms with E-state index in [0.29, 0.717) is 42.9 Å². The van der Waals surface area contributed by atoms with Crippen LogP contribution in [0, 0.1) is 5.41 Å². The van der Waals surface area contributed by atoms with Crippen LogP contribution in [0.4, 0.5) is 5.69 Å². The molecule has 2 aromatic carbocycles. The van der Waals surface area contributed by atoms with Crippen LogP contribution in [0.3, 0.4) is 0 Å². The van der Waals surface area contributed by atoms with Gasteiger partial charge in [-0.25, -0.2) is 0 Å². The van der Waals surface area contributed by atoms with Crippen molar-refractivity contribution in [1.82, 2.24) is 5.32 Å². The number of ether oxygens (including phenoxy) is 1.